The van der Waals surface area contributed by atoms with E-state index in [1.54, 1.807) is 6.08 Å². The molecule has 0 saturated carbocycles. The number of quaternary nitrogens is 1. The van der Waals surface area contributed by atoms with Crippen molar-refractivity contribution < 1.29 is 32.9 Å². The van der Waals surface area contributed by atoms with Gasteiger partial charge in [-0.05, 0) is 64.2 Å². The van der Waals surface area contributed by atoms with Gasteiger partial charge in [-0.2, -0.15) is 0 Å². The number of amides is 1. The molecule has 1 amide bonds. The van der Waals surface area contributed by atoms with Crippen LogP contribution in [0, 0.1) is 0 Å². The van der Waals surface area contributed by atoms with E-state index in [1.807, 2.05) is 27.2 Å². The molecule has 0 radical (unpaired) electrons. The summed E-state index contributed by atoms with van der Waals surface area (Å²) in [6.45, 7) is 4.68. The van der Waals surface area contributed by atoms with Crippen LogP contribution in [0.4, 0.5) is 0 Å². The summed E-state index contributed by atoms with van der Waals surface area (Å²) in [5, 5.41) is 14.0. The summed E-state index contributed by atoms with van der Waals surface area (Å²) in [7, 11) is 1.26. The lowest BCUT2D eigenvalue weighted by Crippen LogP contribution is -2.45. The minimum atomic E-state index is -4.61. The van der Waals surface area contributed by atoms with Crippen LogP contribution in [0.25, 0.3) is 0 Å². The Morgan fingerprint density at radius 2 is 0.663 bits per heavy atom. The first-order valence-corrected chi connectivity index (χ1v) is 41.0. The highest BCUT2D eigenvalue weighted by atomic mass is 31.2. The van der Waals surface area contributed by atoms with Gasteiger partial charge >= 0.3 is 0 Å². The predicted molar refractivity (Wildman–Crippen MR) is 390 cm³/mol. The molecule has 0 rings (SSSR count). The van der Waals surface area contributed by atoms with Gasteiger partial charge in [0, 0.05) is 6.42 Å². The minimum Gasteiger partial charge on any atom is -0.756 e. The van der Waals surface area contributed by atoms with Gasteiger partial charge < -0.3 is 28.8 Å². The quantitative estimate of drug-likeness (QED) is 0.0272. The average Bonchev–Trinajstić information content (AvgIpc) is 3.64. The topological polar surface area (TPSA) is 108 Å². The number of phosphoric ester groups is 1. The van der Waals surface area contributed by atoms with Crippen molar-refractivity contribution in [2.24, 2.45) is 0 Å². The van der Waals surface area contributed by atoms with Gasteiger partial charge in [0.15, 0.2) is 0 Å². The Bertz CT molecular complexity index is 1590. The van der Waals surface area contributed by atoms with Crippen molar-refractivity contribution in [3.63, 3.8) is 0 Å². The van der Waals surface area contributed by atoms with E-state index in [9.17, 15) is 19.4 Å². The van der Waals surface area contributed by atoms with Crippen LogP contribution in [0.2, 0.25) is 0 Å². The lowest BCUT2D eigenvalue weighted by Gasteiger charge is -2.29. The molecule has 0 fully saturated rings. The standard InChI is InChI=1S/C80H155N2O6P/c1-6-8-10-12-14-16-18-20-22-24-26-28-30-32-34-36-38-40-41-42-44-46-48-50-52-54-56-58-60-62-64-66-68-70-72-74-80(84)81-78(77-88-89(85,86)87-76-75-82(3,4)5)79(83)73-71-69-67-65-63-61-59-57-55-53-51-49-47-45-43-39-37-35-33-31-29-27-25-23-21-19-17-15-13-11-9-7-2/h18,20,24,26,63,65,71,73,78-79,83H,6-17,19,21-23,25,27-62,64,66-70,72,74-77H2,1-5H3,(H-,81,84,85,86)/b20-18-,26-24-,65-63+,73-71+. The number of phosphoric acid groups is 1. The molecule has 89 heavy (non-hydrogen) atoms. The van der Waals surface area contributed by atoms with Crippen LogP contribution in [0.3, 0.4) is 0 Å². The summed E-state index contributed by atoms with van der Waals surface area (Å²) < 4.78 is 23.5. The summed E-state index contributed by atoms with van der Waals surface area (Å²) in [5.41, 5.74) is 0. The largest absolute Gasteiger partial charge is 0.756 e. The molecule has 0 aromatic carbocycles. The summed E-state index contributed by atoms with van der Waals surface area (Å²) in [4.78, 5) is 25.7. The Morgan fingerprint density at radius 1 is 0.393 bits per heavy atom. The van der Waals surface area contributed by atoms with Crippen molar-refractivity contribution in [1.82, 2.24) is 5.32 Å². The van der Waals surface area contributed by atoms with Gasteiger partial charge in [0.1, 0.15) is 13.2 Å². The van der Waals surface area contributed by atoms with Gasteiger partial charge in [-0.15, -0.1) is 0 Å². The highest BCUT2D eigenvalue weighted by Crippen LogP contribution is 2.38. The van der Waals surface area contributed by atoms with E-state index in [1.165, 1.54) is 340 Å². The maximum absolute atomic E-state index is 13.1. The van der Waals surface area contributed by atoms with E-state index in [2.05, 4.69) is 55.6 Å². The number of allylic oxidation sites excluding steroid dienone is 7. The number of nitrogens with one attached hydrogen (secondary N) is 1. The molecule has 0 aromatic rings. The highest BCUT2D eigenvalue weighted by molar-refractivity contribution is 7.45. The molecule has 9 heteroatoms. The second kappa shape index (κ2) is 70.8. The number of likely N-dealkylation sites (N-methyl/N-ethyl adjacent to an activating group) is 1. The number of nitrogens with zero attached hydrogens (tertiary/aromatic N) is 1. The van der Waals surface area contributed by atoms with E-state index in [0.717, 1.165) is 44.9 Å². The maximum Gasteiger partial charge on any atom is 0.268 e. The molecular weight excluding hydrogens is 1120 g/mol. The molecule has 0 spiro atoms. The van der Waals surface area contributed by atoms with E-state index in [4.69, 9.17) is 9.05 Å². The first-order valence-electron chi connectivity index (χ1n) is 39.5. The molecule has 0 heterocycles. The van der Waals surface area contributed by atoms with Gasteiger partial charge in [-0.3, -0.25) is 9.36 Å². The summed E-state index contributed by atoms with van der Waals surface area (Å²) in [6.07, 6.45) is 97.1. The van der Waals surface area contributed by atoms with Crippen molar-refractivity contribution >= 4 is 13.7 Å². The van der Waals surface area contributed by atoms with Crippen LogP contribution in [0.1, 0.15) is 406 Å². The fourth-order valence-electron chi connectivity index (χ4n) is 12.1. The molecule has 526 valence electrons. The van der Waals surface area contributed by atoms with E-state index in [-0.39, 0.29) is 19.1 Å². The third-order valence-electron chi connectivity index (χ3n) is 18.3. The summed E-state index contributed by atoms with van der Waals surface area (Å²) in [5.74, 6) is -0.199. The van der Waals surface area contributed by atoms with Crippen LogP contribution in [-0.2, 0) is 18.4 Å². The van der Waals surface area contributed by atoms with Crippen LogP contribution < -0.4 is 10.2 Å². The molecule has 8 nitrogen and oxygen atoms in total. The SMILES string of the molecule is CCCCCCC/C=C\C/C=C\CCCCCCCCCCCCCCCCCCCCCCCCCC(=O)NC(COP(=O)([O-])OCC[N+](C)(C)C)C(O)/C=C/CC/C=C/CCCCCCCCCCCCCCCCCCCCCCCCCCCC. The maximum atomic E-state index is 13.1. The number of unbranched alkanes of at least 4 members (excludes halogenated alkanes) is 55. The Morgan fingerprint density at radius 3 is 0.978 bits per heavy atom. The lowest BCUT2D eigenvalue weighted by atomic mass is 10.0. The van der Waals surface area contributed by atoms with E-state index >= 15 is 0 Å². The van der Waals surface area contributed by atoms with Crippen molar-refractivity contribution in [3.8, 4) is 0 Å². The molecule has 3 unspecified atom stereocenters. The number of rotatable bonds is 74. The smallest absolute Gasteiger partial charge is 0.268 e. The van der Waals surface area contributed by atoms with Gasteiger partial charge in [-0.25, -0.2) is 0 Å². The molecule has 0 aliphatic heterocycles. The molecule has 0 saturated heterocycles. The fraction of sp³-hybridized carbons (Fsp3) is 0.887. The number of aliphatic hydroxyl groups excluding tert-OH is 1. The number of aliphatic hydroxyl groups is 1. The second-order valence-corrected chi connectivity index (χ2v) is 29.8. The average molecular weight is 1270 g/mol. The Balaban J connectivity index is 3.99. The molecule has 3 atom stereocenters. The number of carbonyl (C=O) groups excluding carboxylic acids is 1. The molecule has 0 bridgehead atoms. The van der Waals surface area contributed by atoms with Gasteiger partial charge in [0.25, 0.3) is 7.82 Å². The third-order valence-corrected chi connectivity index (χ3v) is 19.2. The van der Waals surface area contributed by atoms with Crippen LogP contribution in [0.5, 0.6) is 0 Å². The van der Waals surface area contributed by atoms with Gasteiger partial charge in [0.2, 0.25) is 5.91 Å². The first-order chi connectivity index (χ1) is 43.5. The zero-order chi connectivity index (χ0) is 64.8. The fourth-order valence-corrected chi connectivity index (χ4v) is 12.9. The first kappa shape index (κ1) is 87.5. The Hall–Kier alpha value is -1.54. The van der Waals surface area contributed by atoms with Crippen molar-refractivity contribution in [1.29, 1.82) is 0 Å². The predicted octanol–water partition coefficient (Wildman–Crippen LogP) is 25.1. The highest BCUT2D eigenvalue weighted by Gasteiger charge is 2.23. The van der Waals surface area contributed by atoms with Crippen LogP contribution in [-0.4, -0.2) is 68.5 Å². The zero-order valence-corrected chi connectivity index (χ0v) is 61.3. The monoisotopic (exact) mass is 1270 g/mol. The number of carbonyl (C=O) groups is 1. The van der Waals surface area contributed by atoms with E-state index < -0.39 is 20.0 Å². The van der Waals surface area contributed by atoms with Crippen molar-refractivity contribution in [2.45, 2.75) is 418 Å². The number of hydrogen-bond donors (Lipinski definition) is 2. The van der Waals surface area contributed by atoms with Crippen molar-refractivity contribution in [3.05, 3.63) is 48.6 Å². The normalized spacial score (nSPS) is 13.7. The molecule has 2 N–H and O–H groups in total. The third kappa shape index (κ3) is 73.7. The molecular formula is C80H155N2O6P. The van der Waals surface area contributed by atoms with E-state index in [0.29, 0.717) is 17.4 Å². The van der Waals surface area contributed by atoms with Crippen LogP contribution >= 0.6 is 7.82 Å². The van der Waals surface area contributed by atoms with Crippen molar-refractivity contribution in [2.75, 3.05) is 40.9 Å². The Labute approximate surface area is 556 Å². The zero-order valence-electron chi connectivity index (χ0n) is 60.4. The molecule has 0 aromatic heterocycles. The Kier molecular flexibility index (Phi) is 69.5. The summed E-state index contributed by atoms with van der Waals surface area (Å²) in [6, 6.07) is -0.905. The lowest BCUT2D eigenvalue weighted by molar-refractivity contribution is -0.870. The summed E-state index contributed by atoms with van der Waals surface area (Å²) >= 11 is 0. The molecule has 0 aliphatic rings. The van der Waals surface area contributed by atoms with Crippen LogP contribution in [0.15, 0.2) is 48.6 Å². The molecule has 0 aliphatic carbocycles. The second-order valence-electron chi connectivity index (χ2n) is 28.4. The minimum absolute atomic E-state index is 0.00480. The number of hydrogen-bond acceptors (Lipinski definition) is 6. The van der Waals surface area contributed by atoms with Gasteiger partial charge in [0.05, 0.1) is 39.9 Å². The van der Waals surface area contributed by atoms with Gasteiger partial charge in [-0.1, -0.05) is 383 Å².